The SMILES string of the molecule is O=C(NCC1CC(=O)N(c2ccccc2)C1)c1ccncc1. The third-order valence-electron chi connectivity index (χ3n) is 3.77. The van der Waals surface area contributed by atoms with Crippen LogP contribution >= 0.6 is 0 Å². The van der Waals surface area contributed by atoms with Crippen LogP contribution in [0.3, 0.4) is 0 Å². The minimum atomic E-state index is -0.131. The third-order valence-corrected chi connectivity index (χ3v) is 3.77. The van der Waals surface area contributed by atoms with E-state index in [-0.39, 0.29) is 17.7 Å². The summed E-state index contributed by atoms with van der Waals surface area (Å²) in [5.41, 5.74) is 1.50. The summed E-state index contributed by atoms with van der Waals surface area (Å²) in [5.74, 6) is 0.112. The fourth-order valence-electron chi connectivity index (χ4n) is 2.62. The standard InChI is InChI=1S/C17H17N3O2/c21-16-10-13(12-20(16)15-4-2-1-3-5-15)11-19-17(22)14-6-8-18-9-7-14/h1-9,13H,10-12H2,(H,19,22). The number of rotatable bonds is 4. The maximum absolute atomic E-state index is 12.1. The van der Waals surface area contributed by atoms with Gasteiger partial charge in [-0.1, -0.05) is 18.2 Å². The number of aromatic nitrogens is 1. The van der Waals surface area contributed by atoms with Gasteiger partial charge in [0.05, 0.1) is 0 Å². The molecule has 22 heavy (non-hydrogen) atoms. The van der Waals surface area contributed by atoms with Crippen molar-refractivity contribution < 1.29 is 9.59 Å². The smallest absolute Gasteiger partial charge is 0.251 e. The molecular weight excluding hydrogens is 278 g/mol. The van der Waals surface area contributed by atoms with E-state index in [1.165, 1.54) is 0 Å². The first-order valence-corrected chi connectivity index (χ1v) is 7.27. The number of carbonyl (C=O) groups excluding carboxylic acids is 2. The molecule has 1 fully saturated rings. The molecule has 1 saturated heterocycles. The van der Waals surface area contributed by atoms with Gasteiger partial charge in [0.25, 0.3) is 5.91 Å². The fourth-order valence-corrected chi connectivity index (χ4v) is 2.62. The van der Waals surface area contributed by atoms with Crippen molar-refractivity contribution in [1.29, 1.82) is 0 Å². The monoisotopic (exact) mass is 295 g/mol. The molecule has 3 rings (SSSR count). The summed E-state index contributed by atoms with van der Waals surface area (Å²) in [7, 11) is 0. The van der Waals surface area contributed by atoms with Crippen LogP contribution in [-0.2, 0) is 4.79 Å². The van der Waals surface area contributed by atoms with Gasteiger partial charge in [-0.15, -0.1) is 0 Å². The summed E-state index contributed by atoms with van der Waals surface area (Å²) >= 11 is 0. The van der Waals surface area contributed by atoms with Crippen LogP contribution in [0.1, 0.15) is 16.8 Å². The Balaban J connectivity index is 1.57. The van der Waals surface area contributed by atoms with Crippen LogP contribution in [0.4, 0.5) is 5.69 Å². The van der Waals surface area contributed by atoms with Crippen molar-refractivity contribution in [2.75, 3.05) is 18.0 Å². The van der Waals surface area contributed by atoms with Crippen LogP contribution in [-0.4, -0.2) is 29.9 Å². The number of para-hydroxylation sites is 1. The molecule has 0 aliphatic carbocycles. The molecule has 112 valence electrons. The number of anilines is 1. The summed E-state index contributed by atoms with van der Waals surface area (Å²) in [4.78, 5) is 29.8. The number of hydrogen-bond donors (Lipinski definition) is 1. The highest BCUT2D eigenvalue weighted by molar-refractivity contribution is 5.96. The maximum Gasteiger partial charge on any atom is 0.251 e. The van der Waals surface area contributed by atoms with E-state index in [1.807, 2.05) is 30.3 Å². The number of nitrogens with one attached hydrogen (secondary N) is 1. The van der Waals surface area contributed by atoms with Gasteiger partial charge in [-0.3, -0.25) is 14.6 Å². The van der Waals surface area contributed by atoms with Crippen LogP contribution in [0.15, 0.2) is 54.9 Å². The Kier molecular flexibility index (Phi) is 4.14. The average Bonchev–Trinajstić information content (AvgIpc) is 2.95. The van der Waals surface area contributed by atoms with Crippen molar-refractivity contribution >= 4 is 17.5 Å². The minimum absolute atomic E-state index is 0.106. The number of amides is 2. The second-order valence-electron chi connectivity index (χ2n) is 5.36. The Labute approximate surface area is 129 Å². The molecule has 1 aromatic heterocycles. The molecule has 5 nitrogen and oxygen atoms in total. The number of nitrogens with zero attached hydrogens (tertiary/aromatic N) is 2. The normalized spacial score (nSPS) is 17.5. The van der Waals surface area contributed by atoms with Gasteiger partial charge in [-0.2, -0.15) is 0 Å². The summed E-state index contributed by atoms with van der Waals surface area (Å²) in [6, 6.07) is 13.0. The second kappa shape index (κ2) is 6.39. The zero-order valence-electron chi connectivity index (χ0n) is 12.1. The van der Waals surface area contributed by atoms with Gasteiger partial charge in [-0.05, 0) is 24.3 Å². The van der Waals surface area contributed by atoms with E-state index >= 15 is 0 Å². The molecule has 2 amide bonds. The number of pyridine rings is 1. The van der Waals surface area contributed by atoms with Crippen LogP contribution in [0.2, 0.25) is 0 Å². The molecule has 0 bridgehead atoms. The lowest BCUT2D eigenvalue weighted by Crippen LogP contribution is -2.31. The van der Waals surface area contributed by atoms with Gasteiger partial charge in [0.15, 0.2) is 0 Å². The molecule has 2 aromatic rings. The highest BCUT2D eigenvalue weighted by atomic mass is 16.2. The molecule has 1 unspecified atom stereocenters. The van der Waals surface area contributed by atoms with Crippen LogP contribution < -0.4 is 10.2 Å². The summed E-state index contributed by atoms with van der Waals surface area (Å²) in [6.45, 7) is 1.13. The second-order valence-corrected chi connectivity index (χ2v) is 5.36. The van der Waals surface area contributed by atoms with Crippen LogP contribution in [0.25, 0.3) is 0 Å². The Morgan fingerprint density at radius 2 is 1.91 bits per heavy atom. The van der Waals surface area contributed by atoms with Gasteiger partial charge in [0.1, 0.15) is 0 Å². The van der Waals surface area contributed by atoms with E-state index < -0.39 is 0 Å². The Morgan fingerprint density at radius 3 is 2.64 bits per heavy atom. The molecule has 1 aliphatic heterocycles. The van der Waals surface area contributed by atoms with Crippen molar-refractivity contribution in [3.05, 3.63) is 60.4 Å². The fraction of sp³-hybridized carbons (Fsp3) is 0.235. The summed E-state index contributed by atoms with van der Waals surface area (Å²) in [5, 5.41) is 2.89. The highest BCUT2D eigenvalue weighted by Crippen LogP contribution is 2.24. The molecule has 5 heteroatoms. The largest absolute Gasteiger partial charge is 0.352 e. The number of benzene rings is 1. The van der Waals surface area contributed by atoms with E-state index in [0.717, 1.165) is 5.69 Å². The minimum Gasteiger partial charge on any atom is -0.352 e. The van der Waals surface area contributed by atoms with Crippen molar-refractivity contribution in [2.45, 2.75) is 6.42 Å². The number of hydrogen-bond acceptors (Lipinski definition) is 3. The molecule has 1 atom stereocenters. The predicted octanol–water partition coefficient (Wildman–Crippen LogP) is 1.86. The topological polar surface area (TPSA) is 62.3 Å². The molecule has 0 saturated carbocycles. The lowest BCUT2D eigenvalue weighted by molar-refractivity contribution is -0.117. The molecule has 1 N–H and O–H groups in total. The molecular formula is C17H17N3O2. The third kappa shape index (κ3) is 3.14. The van der Waals surface area contributed by atoms with Crippen LogP contribution in [0, 0.1) is 5.92 Å². The molecule has 1 aromatic carbocycles. The maximum atomic E-state index is 12.1. The number of carbonyl (C=O) groups is 2. The Hall–Kier alpha value is -2.69. The summed E-state index contributed by atoms with van der Waals surface area (Å²) < 4.78 is 0. The molecule has 2 heterocycles. The predicted molar refractivity (Wildman–Crippen MR) is 83.5 cm³/mol. The zero-order chi connectivity index (χ0) is 15.4. The van der Waals surface area contributed by atoms with Gasteiger partial charge >= 0.3 is 0 Å². The molecule has 0 radical (unpaired) electrons. The van der Waals surface area contributed by atoms with Crippen molar-refractivity contribution in [1.82, 2.24) is 10.3 Å². The van der Waals surface area contributed by atoms with E-state index in [2.05, 4.69) is 10.3 Å². The van der Waals surface area contributed by atoms with Crippen molar-refractivity contribution in [3.8, 4) is 0 Å². The Bertz CT molecular complexity index is 658. The van der Waals surface area contributed by atoms with Gasteiger partial charge < -0.3 is 10.2 Å². The first kappa shape index (κ1) is 14.3. The van der Waals surface area contributed by atoms with Gasteiger partial charge in [0, 0.05) is 49.1 Å². The lowest BCUT2D eigenvalue weighted by atomic mass is 10.1. The first-order valence-electron chi connectivity index (χ1n) is 7.27. The quantitative estimate of drug-likeness (QED) is 0.936. The van der Waals surface area contributed by atoms with Gasteiger partial charge in [-0.25, -0.2) is 0 Å². The van der Waals surface area contributed by atoms with E-state index in [0.29, 0.717) is 25.1 Å². The first-order chi connectivity index (χ1) is 10.7. The van der Waals surface area contributed by atoms with E-state index in [9.17, 15) is 9.59 Å². The van der Waals surface area contributed by atoms with E-state index in [4.69, 9.17) is 0 Å². The molecule has 1 aliphatic rings. The van der Waals surface area contributed by atoms with E-state index in [1.54, 1.807) is 29.4 Å². The van der Waals surface area contributed by atoms with Crippen LogP contribution in [0.5, 0.6) is 0 Å². The highest BCUT2D eigenvalue weighted by Gasteiger charge is 2.30. The lowest BCUT2D eigenvalue weighted by Gasteiger charge is -2.16. The van der Waals surface area contributed by atoms with Crippen molar-refractivity contribution in [3.63, 3.8) is 0 Å². The Morgan fingerprint density at radius 1 is 1.18 bits per heavy atom. The van der Waals surface area contributed by atoms with Gasteiger partial charge in [0.2, 0.25) is 5.91 Å². The zero-order valence-corrected chi connectivity index (χ0v) is 12.1. The summed E-state index contributed by atoms with van der Waals surface area (Å²) in [6.07, 6.45) is 3.64. The average molecular weight is 295 g/mol. The molecule has 0 spiro atoms. The van der Waals surface area contributed by atoms with Crippen molar-refractivity contribution in [2.24, 2.45) is 5.92 Å².